The lowest BCUT2D eigenvalue weighted by atomic mass is 10.2. The zero-order chi connectivity index (χ0) is 15.2. The van der Waals surface area contributed by atoms with Gasteiger partial charge in [-0.15, -0.1) is 0 Å². The van der Waals surface area contributed by atoms with Crippen LogP contribution < -0.4 is 10.1 Å². The minimum Gasteiger partial charge on any atom is -0.433 e. The molecule has 1 aromatic carbocycles. The Morgan fingerprint density at radius 1 is 1.24 bits per heavy atom. The van der Waals surface area contributed by atoms with E-state index in [4.69, 9.17) is 16.3 Å². The highest BCUT2D eigenvalue weighted by atomic mass is 35.5. The first-order chi connectivity index (χ1) is 10.1. The van der Waals surface area contributed by atoms with Gasteiger partial charge in [0.15, 0.2) is 17.4 Å². The summed E-state index contributed by atoms with van der Waals surface area (Å²) >= 11 is 5.66. The van der Waals surface area contributed by atoms with Gasteiger partial charge in [-0.1, -0.05) is 24.6 Å². The highest BCUT2D eigenvalue weighted by Gasteiger charge is 2.14. The first-order valence-electron chi connectivity index (χ1n) is 6.59. The Morgan fingerprint density at radius 2 is 2.05 bits per heavy atom. The van der Waals surface area contributed by atoms with Crippen molar-refractivity contribution in [1.29, 1.82) is 0 Å². The molecule has 0 saturated heterocycles. The van der Waals surface area contributed by atoms with Gasteiger partial charge in [0.05, 0.1) is 5.02 Å². The van der Waals surface area contributed by atoms with Gasteiger partial charge in [-0.05, 0) is 31.2 Å². The first-order valence-corrected chi connectivity index (χ1v) is 6.97. The highest BCUT2D eigenvalue weighted by molar-refractivity contribution is 6.30. The predicted molar refractivity (Wildman–Crippen MR) is 77.7 cm³/mol. The lowest BCUT2D eigenvalue weighted by Crippen LogP contribution is -2.15. The Morgan fingerprint density at radius 3 is 2.81 bits per heavy atom. The van der Waals surface area contributed by atoms with Gasteiger partial charge in [0.1, 0.15) is 0 Å². The van der Waals surface area contributed by atoms with Gasteiger partial charge in [0.25, 0.3) is 5.88 Å². The maximum Gasteiger partial charge on any atom is 0.256 e. The summed E-state index contributed by atoms with van der Waals surface area (Å²) in [5.74, 6) is -1.78. The summed E-state index contributed by atoms with van der Waals surface area (Å²) < 4.78 is 33.2. The van der Waals surface area contributed by atoms with E-state index in [1.165, 1.54) is 24.4 Å². The molecule has 2 aromatic rings. The number of halogens is 3. The van der Waals surface area contributed by atoms with Crippen LogP contribution in [0.2, 0.25) is 5.02 Å². The number of aromatic nitrogens is 1. The number of ether oxygens (including phenoxy) is 1. The van der Waals surface area contributed by atoms with Gasteiger partial charge >= 0.3 is 0 Å². The van der Waals surface area contributed by atoms with Crippen LogP contribution in [0, 0.1) is 11.6 Å². The van der Waals surface area contributed by atoms with Crippen molar-refractivity contribution in [3.05, 3.63) is 52.7 Å². The zero-order valence-electron chi connectivity index (χ0n) is 11.5. The van der Waals surface area contributed by atoms with E-state index in [1.807, 2.05) is 6.92 Å². The number of hydrogen-bond acceptors (Lipinski definition) is 3. The van der Waals surface area contributed by atoms with E-state index in [0.29, 0.717) is 12.1 Å². The van der Waals surface area contributed by atoms with Crippen molar-refractivity contribution < 1.29 is 13.5 Å². The largest absolute Gasteiger partial charge is 0.433 e. The molecular formula is C15H15ClF2N2O. The molecule has 0 saturated carbocycles. The maximum atomic E-state index is 14.2. The number of nitrogens with one attached hydrogen (secondary N) is 1. The third-order valence-corrected chi connectivity index (χ3v) is 3.09. The standard InChI is InChI=1S/C15H15ClF2N2O/c1-2-7-19-9-10-6-8-20-15(13(10)17)21-12-5-3-4-11(16)14(12)18/h3-6,8,19H,2,7,9H2,1H3. The van der Waals surface area contributed by atoms with Crippen LogP contribution in [0.5, 0.6) is 11.6 Å². The lowest BCUT2D eigenvalue weighted by molar-refractivity contribution is 0.395. The van der Waals surface area contributed by atoms with Crippen LogP contribution in [0.1, 0.15) is 18.9 Å². The second-order valence-electron chi connectivity index (χ2n) is 4.42. The number of rotatable bonds is 6. The van der Waals surface area contributed by atoms with Crippen molar-refractivity contribution in [2.45, 2.75) is 19.9 Å². The molecule has 0 bridgehead atoms. The molecule has 0 aliphatic rings. The van der Waals surface area contributed by atoms with Crippen molar-refractivity contribution in [2.24, 2.45) is 0 Å². The summed E-state index contributed by atoms with van der Waals surface area (Å²) in [5.41, 5.74) is 0.413. The monoisotopic (exact) mass is 312 g/mol. The highest BCUT2D eigenvalue weighted by Crippen LogP contribution is 2.29. The molecule has 0 fully saturated rings. The van der Waals surface area contributed by atoms with E-state index in [1.54, 1.807) is 6.07 Å². The fourth-order valence-electron chi connectivity index (χ4n) is 1.74. The van der Waals surface area contributed by atoms with Crippen LogP contribution in [0.3, 0.4) is 0 Å². The van der Waals surface area contributed by atoms with Gasteiger partial charge in [0, 0.05) is 18.3 Å². The van der Waals surface area contributed by atoms with Crippen LogP contribution >= 0.6 is 11.6 Å². The van der Waals surface area contributed by atoms with E-state index < -0.39 is 11.6 Å². The fraction of sp³-hybridized carbons (Fsp3) is 0.267. The topological polar surface area (TPSA) is 34.2 Å². The summed E-state index contributed by atoms with van der Waals surface area (Å²) in [7, 11) is 0. The smallest absolute Gasteiger partial charge is 0.256 e. The van der Waals surface area contributed by atoms with Crippen LogP contribution in [-0.2, 0) is 6.54 Å². The van der Waals surface area contributed by atoms with Crippen molar-refractivity contribution in [3.63, 3.8) is 0 Å². The van der Waals surface area contributed by atoms with Crippen molar-refractivity contribution >= 4 is 11.6 Å². The molecule has 0 amide bonds. The SMILES string of the molecule is CCCNCc1ccnc(Oc2cccc(Cl)c2F)c1F. The summed E-state index contributed by atoms with van der Waals surface area (Å²) in [5, 5.41) is 3.00. The number of benzene rings is 1. The lowest BCUT2D eigenvalue weighted by Gasteiger charge is -2.10. The second kappa shape index (κ2) is 7.33. The Labute approximate surface area is 126 Å². The second-order valence-corrected chi connectivity index (χ2v) is 4.83. The molecule has 0 spiro atoms. The minimum absolute atomic E-state index is 0.0892. The number of pyridine rings is 1. The van der Waals surface area contributed by atoms with Crippen molar-refractivity contribution in [1.82, 2.24) is 10.3 Å². The van der Waals surface area contributed by atoms with Gasteiger partial charge in [-0.3, -0.25) is 0 Å². The molecule has 1 aromatic heterocycles. The number of hydrogen-bond donors (Lipinski definition) is 1. The third kappa shape index (κ3) is 3.89. The fourth-order valence-corrected chi connectivity index (χ4v) is 1.90. The predicted octanol–water partition coefficient (Wildman–Crippen LogP) is 4.31. The van der Waals surface area contributed by atoms with Gasteiger partial charge in [0.2, 0.25) is 0 Å². The van der Waals surface area contributed by atoms with E-state index in [2.05, 4.69) is 10.3 Å². The Hall–Kier alpha value is -1.72. The molecular weight excluding hydrogens is 298 g/mol. The molecule has 0 unspecified atom stereocenters. The van der Waals surface area contributed by atoms with Crippen molar-refractivity contribution in [3.8, 4) is 11.6 Å². The molecule has 112 valence electrons. The first kappa shape index (κ1) is 15.7. The van der Waals surface area contributed by atoms with Crippen LogP contribution in [-0.4, -0.2) is 11.5 Å². The van der Waals surface area contributed by atoms with E-state index in [0.717, 1.165) is 13.0 Å². The Kier molecular flexibility index (Phi) is 5.47. The minimum atomic E-state index is -0.741. The number of nitrogens with zero attached hydrogens (tertiary/aromatic N) is 1. The molecule has 0 atom stereocenters. The average molecular weight is 313 g/mol. The van der Waals surface area contributed by atoms with E-state index >= 15 is 0 Å². The van der Waals surface area contributed by atoms with Gasteiger partial charge < -0.3 is 10.1 Å². The van der Waals surface area contributed by atoms with Gasteiger partial charge in [-0.2, -0.15) is 0 Å². The molecule has 6 heteroatoms. The summed E-state index contributed by atoms with van der Waals surface area (Å²) in [6.07, 6.45) is 2.37. The molecule has 1 heterocycles. The van der Waals surface area contributed by atoms with E-state index in [-0.39, 0.29) is 16.7 Å². The van der Waals surface area contributed by atoms with Crippen molar-refractivity contribution in [2.75, 3.05) is 6.54 Å². The van der Waals surface area contributed by atoms with Crippen LogP contribution in [0.4, 0.5) is 8.78 Å². The van der Waals surface area contributed by atoms with Crippen LogP contribution in [0.25, 0.3) is 0 Å². The molecule has 2 rings (SSSR count). The quantitative estimate of drug-likeness (QED) is 0.807. The molecule has 3 nitrogen and oxygen atoms in total. The Bertz CT molecular complexity index is 623. The van der Waals surface area contributed by atoms with Crippen LogP contribution in [0.15, 0.2) is 30.5 Å². The zero-order valence-corrected chi connectivity index (χ0v) is 12.3. The third-order valence-electron chi connectivity index (χ3n) is 2.80. The Balaban J connectivity index is 2.20. The molecule has 0 aliphatic heterocycles. The normalized spacial score (nSPS) is 10.7. The summed E-state index contributed by atoms with van der Waals surface area (Å²) in [6, 6.07) is 5.83. The molecule has 0 radical (unpaired) electrons. The average Bonchev–Trinajstić information content (AvgIpc) is 2.48. The maximum absolute atomic E-state index is 14.2. The van der Waals surface area contributed by atoms with E-state index in [9.17, 15) is 8.78 Å². The molecule has 1 N–H and O–H groups in total. The molecule has 21 heavy (non-hydrogen) atoms. The van der Waals surface area contributed by atoms with Gasteiger partial charge in [-0.25, -0.2) is 13.8 Å². The summed E-state index contributed by atoms with van der Waals surface area (Å²) in [4.78, 5) is 3.80. The summed E-state index contributed by atoms with van der Waals surface area (Å²) in [6.45, 7) is 3.16. The molecule has 0 aliphatic carbocycles.